The maximum Gasteiger partial charge on any atom is 0.246 e. The minimum Gasteiger partial charge on any atom is -0.348 e. The van der Waals surface area contributed by atoms with Crippen molar-refractivity contribution in [1.29, 1.82) is 0 Å². The van der Waals surface area contributed by atoms with E-state index in [2.05, 4.69) is 35.7 Å². The van der Waals surface area contributed by atoms with Gasteiger partial charge < -0.3 is 14.5 Å². The molecule has 140 valence electrons. The number of hydrogen-bond acceptors (Lipinski definition) is 4. The minimum atomic E-state index is -0.315. The molecule has 0 spiro atoms. The highest BCUT2D eigenvalue weighted by molar-refractivity contribution is 5.81. The highest BCUT2D eigenvalue weighted by atomic mass is 16.2. The van der Waals surface area contributed by atoms with Gasteiger partial charge in [0.1, 0.15) is 11.9 Å². The third kappa shape index (κ3) is 3.49. The third-order valence-electron chi connectivity index (χ3n) is 4.88. The summed E-state index contributed by atoms with van der Waals surface area (Å²) < 4.78 is 1.96. The van der Waals surface area contributed by atoms with Gasteiger partial charge in [-0.15, -0.1) is 0 Å². The molecule has 0 radical (unpaired) electrons. The number of carbonyl (C=O) groups excluding carboxylic acids is 1. The van der Waals surface area contributed by atoms with Gasteiger partial charge in [0.25, 0.3) is 0 Å². The third-order valence-corrected chi connectivity index (χ3v) is 4.88. The summed E-state index contributed by atoms with van der Waals surface area (Å²) in [5.41, 5.74) is 2.81. The molecule has 3 aromatic rings. The van der Waals surface area contributed by atoms with Crippen molar-refractivity contribution >= 4 is 5.91 Å². The van der Waals surface area contributed by atoms with Crippen LogP contribution >= 0.6 is 0 Å². The number of imidazole rings is 1. The largest absolute Gasteiger partial charge is 0.348 e. The monoisotopic (exact) mass is 364 g/mol. The molecule has 0 bridgehead atoms. The molecular weight excluding hydrogens is 340 g/mol. The lowest BCUT2D eigenvalue weighted by Gasteiger charge is -2.24. The smallest absolute Gasteiger partial charge is 0.246 e. The van der Waals surface area contributed by atoms with Crippen LogP contribution in [0.1, 0.15) is 49.6 Å². The van der Waals surface area contributed by atoms with Crippen LogP contribution in [0.4, 0.5) is 0 Å². The zero-order valence-electron chi connectivity index (χ0n) is 15.9. The van der Waals surface area contributed by atoms with Crippen molar-refractivity contribution in [3.05, 3.63) is 66.0 Å². The van der Waals surface area contributed by atoms with Gasteiger partial charge >= 0.3 is 0 Å². The highest BCUT2D eigenvalue weighted by Crippen LogP contribution is 2.27. The molecule has 1 aliphatic rings. The van der Waals surface area contributed by atoms with Gasteiger partial charge in [-0.1, -0.05) is 20.8 Å². The highest BCUT2D eigenvalue weighted by Gasteiger charge is 2.32. The molecule has 4 rings (SSSR count). The van der Waals surface area contributed by atoms with Gasteiger partial charge in [0.15, 0.2) is 0 Å². The second-order valence-electron chi connectivity index (χ2n) is 8.04. The summed E-state index contributed by atoms with van der Waals surface area (Å²) in [6.45, 7) is 7.37. The van der Waals surface area contributed by atoms with Crippen molar-refractivity contribution in [2.24, 2.45) is 0 Å². The minimum absolute atomic E-state index is 0.0797. The number of fused-ring (bicyclic) bond motifs is 1. The maximum absolute atomic E-state index is 13.3. The molecule has 1 amide bonds. The van der Waals surface area contributed by atoms with E-state index in [1.54, 1.807) is 12.5 Å². The summed E-state index contributed by atoms with van der Waals surface area (Å²) in [5.74, 6) is 0.895. The molecular formula is C20H24N6O. The number of carbonyl (C=O) groups is 1. The number of nitrogens with one attached hydrogen (secondary N) is 1. The van der Waals surface area contributed by atoms with E-state index in [1.165, 1.54) is 0 Å². The number of aromatic nitrogens is 5. The van der Waals surface area contributed by atoms with Crippen LogP contribution in [0.25, 0.3) is 0 Å². The Morgan fingerprint density at radius 1 is 1.22 bits per heavy atom. The first kappa shape index (κ1) is 17.5. The summed E-state index contributed by atoms with van der Waals surface area (Å²) >= 11 is 0. The van der Waals surface area contributed by atoms with Crippen molar-refractivity contribution in [2.45, 2.75) is 51.7 Å². The molecule has 0 saturated heterocycles. The topological polar surface area (TPSA) is 79.7 Å². The fraction of sp³-hybridized carbons (Fsp3) is 0.400. The van der Waals surface area contributed by atoms with Gasteiger partial charge in [-0.3, -0.25) is 4.79 Å². The molecule has 0 aromatic carbocycles. The predicted molar refractivity (Wildman–Crippen MR) is 101 cm³/mol. The number of amides is 1. The summed E-state index contributed by atoms with van der Waals surface area (Å²) in [5, 5.41) is 0. The van der Waals surface area contributed by atoms with Crippen molar-refractivity contribution in [2.75, 3.05) is 0 Å². The lowest BCUT2D eigenvalue weighted by atomic mass is 9.95. The van der Waals surface area contributed by atoms with E-state index in [-0.39, 0.29) is 17.4 Å². The zero-order valence-corrected chi connectivity index (χ0v) is 15.9. The summed E-state index contributed by atoms with van der Waals surface area (Å²) in [6.07, 6.45) is 9.71. The number of nitrogens with zero attached hydrogens (tertiary/aromatic N) is 5. The fourth-order valence-corrected chi connectivity index (χ4v) is 3.36. The maximum atomic E-state index is 13.3. The van der Waals surface area contributed by atoms with Crippen molar-refractivity contribution in [3.63, 3.8) is 0 Å². The Balaban J connectivity index is 1.57. The quantitative estimate of drug-likeness (QED) is 0.772. The normalized spacial score (nSPS) is 15.0. The first-order chi connectivity index (χ1) is 12.9. The molecule has 1 unspecified atom stereocenters. The van der Waals surface area contributed by atoms with Gasteiger partial charge in [0.05, 0.1) is 18.6 Å². The van der Waals surface area contributed by atoms with Crippen molar-refractivity contribution < 1.29 is 4.79 Å². The Bertz CT molecular complexity index is 924. The van der Waals surface area contributed by atoms with Crippen LogP contribution in [-0.4, -0.2) is 35.3 Å². The molecule has 4 heterocycles. The molecule has 27 heavy (non-hydrogen) atoms. The van der Waals surface area contributed by atoms with E-state index in [0.29, 0.717) is 19.5 Å². The second kappa shape index (κ2) is 6.64. The molecule has 0 aliphatic carbocycles. The van der Waals surface area contributed by atoms with Gasteiger partial charge in [-0.2, -0.15) is 0 Å². The number of hydrogen-bond donors (Lipinski definition) is 1. The number of H-pyrrole nitrogens is 1. The van der Waals surface area contributed by atoms with Gasteiger partial charge in [-0.05, 0) is 12.1 Å². The van der Waals surface area contributed by atoms with Gasteiger partial charge in [0.2, 0.25) is 5.91 Å². The lowest BCUT2D eigenvalue weighted by molar-refractivity contribution is -0.135. The average Bonchev–Trinajstić information content (AvgIpc) is 3.38. The van der Waals surface area contributed by atoms with Crippen LogP contribution in [0.15, 0.2) is 43.2 Å². The first-order valence-electron chi connectivity index (χ1n) is 9.15. The summed E-state index contributed by atoms with van der Waals surface area (Å²) in [4.78, 5) is 31.6. The van der Waals surface area contributed by atoms with Gasteiger partial charge in [0, 0.05) is 54.4 Å². The summed E-state index contributed by atoms with van der Waals surface area (Å²) in [7, 11) is 0. The van der Waals surface area contributed by atoms with Crippen LogP contribution in [-0.2, 0) is 29.7 Å². The molecule has 0 fully saturated rings. The standard InChI is InChI=1S/C20H24N6O/c1-20(2,3)19-22-9-14-11-26(12-16(14)24-19)18(27)17(25-6-4-5-7-25)8-15-10-21-13-23-15/h4-7,9-10,13,17H,8,11-12H2,1-3H3,(H,21,23). The Morgan fingerprint density at radius 3 is 2.67 bits per heavy atom. The van der Waals surface area contributed by atoms with Crippen molar-refractivity contribution in [1.82, 2.24) is 29.4 Å². The Labute approximate surface area is 158 Å². The van der Waals surface area contributed by atoms with E-state index in [9.17, 15) is 4.79 Å². The van der Waals surface area contributed by atoms with Gasteiger partial charge in [-0.25, -0.2) is 15.0 Å². The number of rotatable bonds is 4. The molecule has 1 atom stereocenters. The molecule has 3 aromatic heterocycles. The molecule has 1 N–H and O–H groups in total. The molecule has 1 aliphatic heterocycles. The lowest BCUT2D eigenvalue weighted by Crippen LogP contribution is -2.34. The summed E-state index contributed by atoms with van der Waals surface area (Å²) in [6, 6.07) is 3.56. The number of aromatic amines is 1. The van der Waals surface area contributed by atoms with Crippen molar-refractivity contribution in [3.8, 4) is 0 Å². The average molecular weight is 364 g/mol. The molecule has 7 nitrogen and oxygen atoms in total. The van der Waals surface area contributed by atoms with Crippen LogP contribution in [0.3, 0.4) is 0 Å². The van der Waals surface area contributed by atoms with E-state index in [4.69, 9.17) is 4.98 Å². The second-order valence-corrected chi connectivity index (χ2v) is 8.04. The van der Waals surface area contributed by atoms with E-state index < -0.39 is 0 Å². The first-order valence-corrected chi connectivity index (χ1v) is 9.15. The van der Waals surface area contributed by atoms with E-state index >= 15 is 0 Å². The van der Waals surface area contributed by atoms with Crippen LogP contribution in [0.5, 0.6) is 0 Å². The predicted octanol–water partition coefficient (Wildman–Crippen LogP) is 2.62. The molecule has 7 heteroatoms. The Hall–Kier alpha value is -2.96. The Kier molecular flexibility index (Phi) is 4.30. The Morgan fingerprint density at radius 2 is 2.00 bits per heavy atom. The SMILES string of the molecule is CC(C)(C)c1ncc2c(n1)CN(C(=O)C(Cc1cnc[nH]1)n1cccc1)C2. The fourth-order valence-electron chi connectivity index (χ4n) is 3.36. The molecule has 0 saturated carbocycles. The van der Waals surface area contributed by atoms with Crippen LogP contribution in [0.2, 0.25) is 0 Å². The van der Waals surface area contributed by atoms with E-state index in [0.717, 1.165) is 22.8 Å². The van der Waals surface area contributed by atoms with Crippen LogP contribution < -0.4 is 0 Å². The zero-order chi connectivity index (χ0) is 19.0. The van der Waals surface area contributed by atoms with Crippen LogP contribution in [0, 0.1) is 0 Å². The van der Waals surface area contributed by atoms with E-state index in [1.807, 2.05) is 40.2 Å².